The predicted molar refractivity (Wildman–Crippen MR) is 88.0 cm³/mol. The quantitative estimate of drug-likeness (QED) is 0.798. The number of H-pyrrole nitrogens is 1. The van der Waals surface area contributed by atoms with E-state index in [0.717, 1.165) is 18.5 Å². The first kappa shape index (κ1) is 16.0. The molecule has 0 aliphatic rings. The third-order valence-corrected chi connectivity index (χ3v) is 3.32. The summed E-state index contributed by atoms with van der Waals surface area (Å²) >= 11 is 0. The van der Waals surface area contributed by atoms with E-state index in [2.05, 4.69) is 15.2 Å². The molecular weight excluding hydrogens is 278 g/mol. The van der Waals surface area contributed by atoms with Crippen molar-refractivity contribution in [1.29, 1.82) is 0 Å². The van der Waals surface area contributed by atoms with Gasteiger partial charge in [0, 0.05) is 18.3 Å². The Morgan fingerprint density at radius 2 is 1.95 bits per heavy atom. The number of benzene rings is 1. The molecule has 0 saturated heterocycles. The van der Waals surface area contributed by atoms with Gasteiger partial charge in [0.1, 0.15) is 0 Å². The second-order valence-electron chi connectivity index (χ2n) is 5.41. The van der Waals surface area contributed by atoms with Crippen LogP contribution in [0.2, 0.25) is 0 Å². The van der Waals surface area contributed by atoms with Gasteiger partial charge < -0.3 is 15.2 Å². The summed E-state index contributed by atoms with van der Waals surface area (Å²) in [6, 6.07) is 11.0. The Morgan fingerprint density at radius 1 is 1.23 bits per heavy atom. The van der Waals surface area contributed by atoms with E-state index in [9.17, 15) is 9.59 Å². The Hall–Kier alpha value is -2.40. The molecule has 0 spiro atoms. The van der Waals surface area contributed by atoms with Gasteiger partial charge in [0.05, 0.1) is 5.56 Å². The van der Waals surface area contributed by atoms with Crippen molar-refractivity contribution in [3.8, 4) is 11.1 Å². The third kappa shape index (κ3) is 4.30. The molecule has 1 aromatic carbocycles. The second kappa shape index (κ2) is 7.56. The topological polar surface area (TPSA) is 65.2 Å². The van der Waals surface area contributed by atoms with Gasteiger partial charge in [-0.05, 0) is 38.7 Å². The van der Waals surface area contributed by atoms with Crippen LogP contribution in [0.1, 0.15) is 16.8 Å². The first-order chi connectivity index (χ1) is 10.6. The van der Waals surface area contributed by atoms with E-state index < -0.39 is 0 Å². The molecule has 5 nitrogen and oxygen atoms in total. The van der Waals surface area contributed by atoms with Crippen LogP contribution in [0.3, 0.4) is 0 Å². The highest BCUT2D eigenvalue weighted by Crippen LogP contribution is 2.15. The zero-order valence-corrected chi connectivity index (χ0v) is 12.9. The second-order valence-corrected chi connectivity index (χ2v) is 5.41. The predicted octanol–water partition coefficient (Wildman–Crippen LogP) is 1.72. The number of nitrogens with zero attached hydrogens (tertiary/aromatic N) is 1. The molecule has 0 bridgehead atoms. The molecule has 0 atom stereocenters. The summed E-state index contributed by atoms with van der Waals surface area (Å²) in [7, 11) is 3.99. The molecule has 22 heavy (non-hydrogen) atoms. The molecule has 1 heterocycles. The Morgan fingerprint density at radius 3 is 2.64 bits per heavy atom. The van der Waals surface area contributed by atoms with E-state index in [1.54, 1.807) is 6.07 Å². The Bertz CT molecular complexity index is 678. The van der Waals surface area contributed by atoms with Gasteiger partial charge in [-0.15, -0.1) is 0 Å². The van der Waals surface area contributed by atoms with Crippen molar-refractivity contribution >= 4 is 5.91 Å². The summed E-state index contributed by atoms with van der Waals surface area (Å²) in [4.78, 5) is 28.8. The van der Waals surface area contributed by atoms with Crippen LogP contribution in [-0.4, -0.2) is 43.0 Å². The summed E-state index contributed by atoms with van der Waals surface area (Å²) in [5.41, 5.74) is 1.56. The van der Waals surface area contributed by atoms with Crippen molar-refractivity contribution < 1.29 is 4.79 Å². The van der Waals surface area contributed by atoms with Crippen LogP contribution in [0.5, 0.6) is 0 Å². The molecule has 0 aliphatic heterocycles. The largest absolute Gasteiger partial charge is 0.352 e. The minimum Gasteiger partial charge on any atom is -0.352 e. The molecule has 2 aromatic rings. The maximum Gasteiger partial charge on any atom is 0.255 e. The zero-order valence-electron chi connectivity index (χ0n) is 12.9. The van der Waals surface area contributed by atoms with Crippen LogP contribution < -0.4 is 10.9 Å². The van der Waals surface area contributed by atoms with E-state index in [1.165, 1.54) is 6.20 Å². The maximum atomic E-state index is 12.1. The highest BCUT2D eigenvalue weighted by atomic mass is 16.1. The molecule has 0 saturated carbocycles. The van der Waals surface area contributed by atoms with Crippen molar-refractivity contribution in [2.75, 3.05) is 27.2 Å². The Kier molecular flexibility index (Phi) is 5.49. The number of rotatable bonds is 6. The summed E-state index contributed by atoms with van der Waals surface area (Å²) in [6.45, 7) is 1.53. The number of hydrogen-bond donors (Lipinski definition) is 2. The number of aromatic amines is 1. The number of pyridine rings is 1. The Balaban J connectivity index is 2.09. The first-order valence-electron chi connectivity index (χ1n) is 7.29. The fraction of sp³-hybridized carbons (Fsp3) is 0.294. The molecule has 1 aromatic heterocycles. The normalized spacial score (nSPS) is 10.7. The van der Waals surface area contributed by atoms with Crippen LogP contribution >= 0.6 is 0 Å². The molecule has 0 aliphatic carbocycles. The minimum atomic E-state index is -0.199. The fourth-order valence-corrected chi connectivity index (χ4v) is 2.15. The van der Waals surface area contributed by atoms with Gasteiger partial charge in [-0.25, -0.2) is 0 Å². The molecule has 0 fully saturated rings. The number of carbonyl (C=O) groups excluding carboxylic acids is 1. The van der Waals surface area contributed by atoms with Crippen molar-refractivity contribution in [2.24, 2.45) is 0 Å². The van der Waals surface area contributed by atoms with Gasteiger partial charge >= 0.3 is 0 Å². The monoisotopic (exact) mass is 299 g/mol. The third-order valence-electron chi connectivity index (χ3n) is 3.32. The molecule has 1 amide bonds. The number of aromatic nitrogens is 1. The summed E-state index contributed by atoms with van der Waals surface area (Å²) in [6.07, 6.45) is 2.34. The van der Waals surface area contributed by atoms with E-state index >= 15 is 0 Å². The molecule has 2 rings (SSSR count). The highest BCUT2D eigenvalue weighted by Gasteiger charge is 2.09. The van der Waals surface area contributed by atoms with Gasteiger partial charge in [-0.2, -0.15) is 0 Å². The highest BCUT2D eigenvalue weighted by molar-refractivity contribution is 5.95. The van der Waals surface area contributed by atoms with E-state index in [-0.39, 0.29) is 11.5 Å². The van der Waals surface area contributed by atoms with Gasteiger partial charge in [0.15, 0.2) is 0 Å². The summed E-state index contributed by atoms with van der Waals surface area (Å²) < 4.78 is 0. The smallest absolute Gasteiger partial charge is 0.255 e. The Labute approximate surface area is 130 Å². The lowest BCUT2D eigenvalue weighted by atomic mass is 10.1. The lowest BCUT2D eigenvalue weighted by Crippen LogP contribution is -2.27. The average molecular weight is 299 g/mol. The molecule has 0 radical (unpaired) electrons. The molecular formula is C17H21N3O2. The number of amides is 1. The van der Waals surface area contributed by atoms with Crippen LogP contribution in [-0.2, 0) is 0 Å². The van der Waals surface area contributed by atoms with Crippen LogP contribution in [0.25, 0.3) is 11.1 Å². The van der Waals surface area contributed by atoms with Gasteiger partial charge in [-0.1, -0.05) is 30.3 Å². The fourth-order valence-electron chi connectivity index (χ4n) is 2.15. The van der Waals surface area contributed by atoms with E-state index in [4.69, 9.17) is 0 Å². The van der Waals surface area contributed by atoms with Crippen LogP contribution in [0.15, 0.2) is 47.4 Å². The van der Waals surface area contributed by atoms with Crippen LogP contribution in [0.4, 0.5) is 0 Å². The van der Waals surface area contributed by atoms with Crippen molar-refractivity contribution in [2.45, 2.75) is 6.42 Å². The van der Waals surface area contributed by atoms with Crippen molar-refractivity contribution in [3.05, 3.63) is 58.5 Å². The summed E-state index contributed by atoms with van der Waals surface area (Å²) in [5.74, 6) is -0.174. The number of carbonyl (C=O) groups is 1. The lowest BCUT2D eigenvalue weighted by molar-refractivity contribution is 0.0952. The molecule has 0 unspecified atom stereocenters. The first-order valence-corrected chi connectivity index (χ1v) is 7.29. The standard InChI is InChI=1S/C17H21N3O2/c1-20(2)10-6-9-18-16(21)14-11-15(17(22)19-12-14)13-7-4-3-5-8-13/h3-5,7-8,11-12H,6,9-10H2,1-2H3,(H,18,21)(H,19,22). The van der Waals surface area contributed by atoms with Gasteiger partial charge in [0.2, 0.25) is 0 Å². The zero-order chi connectivity index (χ0) is 15.9. The molecule has 5 heteroatoms. The van der Waals surface area contributed by atoms with Crippen molar-refractivity contribution in [3.63, 3.8) is 0 Å². The van der Waals surface area contributed by atoms with Gasteiger partial charge in [-0.3, -0.25) is 9.59 Å². The van der Waals surface area contributed by atoms with E-state index in [1.807, 2.05) is 44.4 Å². The lowest BCUT2D eigenvalue weighted by Gasteiger charge is -2.10. The van der Waals surface area contributed by atoms with Crippen LogP contribution in [0, 0.1) is 0 Å². The van der Waals surface area contributed by atoms with Gasteiger partial charge in [0.25, 0.3) is 11.5 Å². The van der Waals surface area contributed by atoms with E-state index in [0.29, 0.717) is 17.7 Å². The molecule has 116 valence electrons. The SMILES string of the molecule is CN(C)CCCNC(=O)c1c[nH]c(=O)c(-c2ccccc2)c1. The number of nitrogens with one attached hydrogen (secondary N) is 2. The minimum absolute atomic E-state index is 0.174. The maximum absolute atomic E-state index is 12.1. The summed E-state index contributed by atoms with van der Waals surface area (Å²) in [5, 5.41) is 2.86. The molecule has 2 N–H and O–H groups in total. The van der Waals surface area contributed by atoms with Crippen molar-refractivity contribution in [1.82, 2.24) is 15.2 Å². The average Bonchev–Trinajstić information content (AvgIpc) is 2.52. The number of hydrogen-bond acceptors (Lipinski definition) is 3.